The van der Waals surface area contributed by atoms with Crippen LogP contribution in [0.1, 0.15) is 19.8 Å². The molecule has 4 nitrogen and oxygen atoms in total. The van der Waals surface area contributed by atoms with Crippen molar-refractivity contribution in [3.63, 3.8) is 0 Å². The van der Waals surface area contributed by atoms with Crippen molar-refractivity contribution in [1.82, 2.24) is 0 Å². The summed E-state index contributed by atoms with van der Waals surface area (Å²) < 4.78 is 11.0. The summed E-state index contributed by atoms with van der Waals surface area (Å²) in [5.41, 5.74) is 0. The highest BCUT2D eigenvalue weighted by atomic mass is 16.6. The summed E-state index contributed by atoms with van der Waals surface area (Å²) in [4.78, 5) is 11.9. The Morgan fingerprint density at radius 2 is 2.00 bits per heavy atom. The molecule has 2 fully saturated rings. The molecule has 0 spiro atoms. The lowest BCUT2D eigenvalue weighted by molar-refractivity contribution is -0.157. The molecule has 1 aromatic carbocycles. The minimum Gasteiger partial charge on any atom is -0.479 e. The third-order valence-electron chi connectivity index (χ3n) is 3.99. The molecule has 2 aliphatic carbocycles. The second-order valence-electron chi connectivity index (χ2n) is 5.41. The number of carbonyl (C=O) groups excluding carboxylic acids is 1. The predicted molar refractivity (Wildman–Crippen MR) is 68.6 cm³/mol. The zero-order chi connectivity index (χ0) is 13.4. The largest absolute Gasteiger partial charge is 0.479 e. The SMILES string of the molecule is C[C@H](Oc1ccccc1)C(=O)O[C@@H]1C[C@H](O)C2CC21. The minimum atomic E-state index is -0.627. The van der Waals surface area contributed by atoms with Crippen molar-refractivity contribution in [2.75, 3.05) is 0 Å². The molecule has 2 saturated carbocycles. The fourth-order valence-electron chi connectivity index (χ4n) is 2.83. The highest BCUT2D eigenvalue weighted by molar-refractivity contribution is 5.75. The van der Waals surface area contributed by atoms with Gasteiger partial charge in [-0.25, -0.2) is 4.79 Å². The Bertz CT molecular complexity index is 458. The molecule has 2 aliphatic rings. The quantitative estimate of drug-likeness (QED) is 0.840. The van der Waals surface area contributed by atoms with Crippen LogP contribution in [-0.4, -0.2) is 29.4 Å². The fourth-order valence-corrected chi connectivity index (χ4v) is 2.83. The number of esters is 1. The monoisotopic (exact) mass is 262 g/mol. The summed E-state index contributed by atoms with van der Waals surface area (Å²) in [5, 5.41) is 9.67. The van der Waals surface area contributed by atoms with Gasteiger partial charge in [0, 0.05) is 12.3 Å². The topological polar surface area (TPSA) is 55.8 Å². The smallest absolute Gasteiger partial charge is 0.347 e. The molecule has 0 amide bonds. The minimum absolute atomic E-state index is 0.130. The number of hydrogen-bond donors (Lipinski definition) is 1. The van der Waals surface area contributed by atoms with Crippen molar-refractivity contribution in [3.8, 4) is 5.75 Å². The van der Waals surface area contributed by atoms with Crippen LogP contribution < -0.4 is 4.74 Å². The Hall–Kier alpha value is -1.55. The Labute approximate surface area is 112 Å². The summed E-state index contributed by atoms with van der Waals surface area (Å²) in [6, 6.07) is 9.22. The van der Waals surface area contributed by atoms with Crippen molar-refractivity contribution in [2.45, 2.75) is 38.1 Å². The first-order valence-corrected chi connectivity index (χ1v) is 6.75. The molecule has 1 aromatic rings. The van der Waals surface area contributed by atoms with Gasteiger partial charge >= 0.3 is 5.97 Å². The molecular weight excluding hydrogens is 244 g/mol. The van der Waals surface area contributed by atoms with Gasteiger partial charge in [-0.1, -0.05) is 18.2 Å². The number of fused-ring (bicyclic) bond motifs is 1. The fraction of sp³-hybridized carbons (Fsp3) is 0.533. The van der Waals surface area contributed by atoms with Crippen molar-refractivity contribution in [1.29, 1.82) is 0 Å². The first kappa shape index (κ1) is 12.5. The van der Waals surface area contributed by atoms with E-state index in [0.29, 0.717) is 24.0 Å². The van der Waals surface area contributed by atoms with E-state index in [2.05, 4.69) is 0 Å². The Morgan fingerprint density at radius 1 is 1.26 bits per heavy atom. The van der Waals surface area contributed by atoms with Crippen LogP contribution in [-0.2, 0) is 9.53 Å². The Balaban J connectivity index is 1.53. The van der Waals surface area contributed by atoms with Gasteiger partial charge in [0.05, 0.1) is 6.10 Å². The lowest BCUT2D eigenvalue weighted by Gasteiger charge is -2.18. The second kappa shape index (κ2) is 4.85. The van der Waals surface area contributed by atoms with Gasteiger partial charge in [0.15, 0.2) is 6.10 Å². The van der Waals surface area contributed by atoms with Crippen LogP contribution in [0, 0.1) is 11.8 Å². The van der Waals surface area contributed by atoms with E-state index in [1.165, 1.54) is 0 Å². The van der Waals surface area contributed by atoms with Gasteiger partial charge in [0.1, 0.15) is 11.9 Å². The maximum atomic E-state index is 11.9. The first-order valence-electron chi connectivity index (χ1n) is 6.75. The number of para-hydroxylation sites is 1. The highest BCUT2D eigenvalue weighted by Gasteiger charge is 2.55. The Kier molecular flexibility index (Phi) is 3.19. The van der Waals surface area contributed by atoms with Gasteiger partial charge < -0.3 is 14.6 Å². The molecule has 0 saturated heterocycles. The van der Waals surface area contributed by atoms with Crippen molar-refractivity contribution in [2.24, 2.45) is 11.8 Å². The van der Waals surface area contributed by atoms with Crippen LogP contribution >= 0.6 is 0 Å². The highest BCUT2D eigenvalue weighted by Crippen LogP contribution is 2.53. The molecule has 102 valence electrons. The average Bonchev–Trinajstić information content (AvgIpc) is 3.13. The van der Waals surface area contributed by atoms with Gasteiger partial charge in [-0.2, -0.15) is 0 Å². The van der Waals surface area contributed by atoms with Crippen LogP contribution in [0.4, 0.5) is 0 Å². The van der Waals surface area contributed by atoms with Crippen molar-refractivity contribution in [3.05, 3.63) is 30.3 Å². The zero-order valence-electron chi connectivity index (χ0n) is 10.9. The van der Waals surface area contributed by atoms with Crippen LogP contribution in [0.15, 0.2) is 30.3 Å². The number of carbonyl (C=O) groups is 1. The van der Waals surface area contributed by atoms with Gasteiger partial charge in [-0.15, -0.1) is 0 Å². The number of aliphatic hydroxyl groups excluding tert-OH is 1. The summed E-state index contributed by atoms with van der Waals surface area (Å²) >= 11 is 0. The van der Waals surface area contributed by atoms with Crippen LogP contribution in [0.25, 0.3) is 0 Å². The molecule has 0 radical (unpaired) electrons. The van der Waals surface area contributed by atoms with Gasteiger partial charge in [0.2, 0.25) is 0 Å². The van der Waals surface area contributed by atoms with E-state index in [0.717, 1.165) is 6.42 Å². The number of ether oxygens (including phenoxy) is 2. The van der Waals surface area contributed by atoms with Gasteiger partial charge in [-0.05, 0) is 31.4 Å². The summed E-state index contributed by atoms with van der Waals surface area (Å²) in [7, 11) is 0. The standard InChI is InChI=1S/C15H18O4/c1-9(18-10-5-3-2-4-6-10)15(17)19-14-8-13(16)11-7-12(11)14/h2-6,9,11-14,16H,7-8H2,1H3/t9-,11?,12?,13-,14+/m0/s1. The maximum Gasteiger partial charge on any atom is 0.347 e. The molecule has 19 heavy (non-hydrogen) atoms. The van der Waals surface area contributed by atoms with E-state index in [9.17, 15) is 9.90 Å². The molecule has 0 aliphatic heterocycles. The van der Waals surface area contributed by atoms with Crippen LogP contribution in [0.3, 0.4) is 0 Å². The zero-order valence-corrected chi connectivity index (χ0v) is 10.9. The van der Waals surface area contributed by atoms with Crippen molar-refractivity contribution < 1.29 is 19.4 Å². The van der Waals surface area contributed by atoms with E-state index in [1.54, 1.807) is 19.1 Å². The van der Waals surface area contributed by atoms with E-state index < -0.39 is 6.10 Å². The molecule has 0 bridgehead atoms. The van der Waals surface area contributed by atoms with E-state index in [1.807, 2.05) is 18.2 Å². The molecule has 1 N–H and O–H groups in total. The third kappa shape index (κ3) is 2.59. The average molecular weight is 262 g/mol. The summed E-state index contributed by atoms with van der Waals surface area (Å²) in [6.45, 7) is 1.69. The van der Waals surface area contributed by atoms with E-state index >= 15 is 0 Å². The molecule has 0 aromatic heterocycles. The molecular formula is C15H18O4. The molecule has 0 heterocycles. The number of aliphatic hydroxyl groups is 1. The molecule has 4 heteroatoms. The third-order valence-corrected chi connectivity index (χ3v) is 3.99. The number of rotatable bonds is 4. The summed E-state index contributed by atoms with van der Waals surface area (Å²) in [5.74, 6) is 1.02. The molecule has 5 atom stereocenters. The normalized spacial score (nSPS) is 33.4. The van der Waals surface area contributed by atoms with Crippen LogP contribution in [0.5, 0.6) is 5.75 Å². The summed E-state index contributed by atoms with van der Waals surface area (Å²) in [6.07, 6.45) is 0.492. The maximum absolute atomic E-state index is 11.9. The molecule has 2 unspecified atom stereocenters. The lowest BCUT2D eigenvalue weighted by atomic mass is 10.2. The molecule has 3 rings (SSSR count). The predicted octanol–water partition coefficient (Wildman–Crippen LogP) is 1.77. The van der Waals surface area contributed by atoms with E-state index in [-0.39, 0.29) is 18.2 Å². The number of hydrogen-bond acceptors (Lipinski definition) is 4. The second-order valence-corrected chi connectivity index (χ2v) is 5.41. The lowest BCUT2D eigenvalue weighted by Crippen LogP contribution is -2.30. The first-order chi connectivity index (χ1) is 9.15. The van der Waals surface area contributed by atoms with Gasteiger partial charge in [0.25, 0.3) is 0 Å². The number of benzene rings is 1. The van der Waals surface area contributed by atoms with Crippen molar-refractivity contribution >= 4 is 5.97 Å². The Morgan fingerprint density at radius 3 is 2.58 bits per heavy atom. The van der Waals surface area contributed by atoms with E-state index in [4.69, 9.17) is 9.47 Å². The van der Waals surface area contributed by atoms with Crippen LogP contribution in [0.2, 0.25) is 0 Å². The van der Waals surface area contributed by atoms with Gasteiger partial charge in [-0.3, -0.25) is 0 Å².